The summed E-state index contributed by atoms with van der Waals surface area (Å²) in [7, 11) is 1.38. The van der Waals surface area contributed by atoms with Crippen LogP contribution in [0.1, 0.15) is 58.4 Å². The van der Waals surface area contributed by atoms with Gasteiger partial charge in [-0.05, 0) is 63.4 Å². The lowest BCUT2D eigenvalue weighted by molar-refractivity contribution is 0.0600. The highest BCUT2D eigenvalue weighted by Gasteiger charge is 2.29. The Morgan fingerprint density at radius 1 is 1.00 bits per heavy atom. The Labute approximate surface area is 177 Å². The van der Waals surface area contributed by atoms with E-state index in [-0.39, 0.29) is 11.4 Å². The van der Waals surface area contributed by atoms with E-state index in [1.54, 1.807) is 18.5 Å². The fourth-order valence-electron chi connectivity index (χ4n) is 3.93. The molecule has 150 valence electrons. The molecule has 3 aromatic rings. The van der Waals surface area contributed by atoms with Crippen molar-refractivity contribution in [2.24, 2.45) is 0 Å². The van der Waals surface area contributed by atoms with E-state index in [2.05, 4.69) is 54.7 Å². The number of aromatic nitrogens is 2. The van der Waals surface area contributed by atoms with Gasteiger partial charge in [0.05, 0.1) is 12.7 Å². The summed E-state index contributed by atoms with van der Waals surface area (Å²) in [6, 6.07) is 13.9. The third kappa shape index (κ3) is 3.57. The molecule has 0 amide bonds. The minimum Gasteiger partial charge on any atom is -0.465 e. The molecule has 0 aliphatic heterocycles. The summed E-state index contributed by atoms with van der Waals surface area (Å²) in [6.07, 6.45) is 8.49. The molecule has 0 radical (unpaired) electrons. The second kappa shape index (κ2) is 7.71. The van der Waals surface area contributed by atoms with Gasteiger partial charge in [0.2, 0.25) is 0 Å². The smallest absolute Gasteiger partial charge is 0.337 e. The van der Waals surface area contributed by atoms with Crippen LogP contribution in [0.2, 0.25) is 0 Å². The number of rotatable bonds is 4. The van der Waals surface area contributed by atoms with Gasteiger partial charge in [-0.15, -0.1) is 0 Å². The molecule has 30 heavy (non-hydrogen) atoms. The zero-order chi connectivity index (χ0) is 21.3. The number of allylic oxidation sites excluding steroid dienone is 1. The van der Waals surface area contributed by atoms with Crippen molar-refractivity contribution in [2.45, 2.75) is 25.7 Å². The average molecular weight is 396 g/mol. The zero-order valence-electron chi connectivity index (χ0n) is 17.5. The summed E-state index contributed by atoms with van der Waals surface area (Å²) < 4.78 is 4.78. The van der Waals surface area contributed by atoms with Gasteiger partial charge in [-0.2, -0.15) is 0 Å². The summed E-state index contributed by atoms with van der Waals surface area (Å²) >= 11 is 0. The molecule has 4 rings (SSSR count). The number of carbonyl (C=O) groups excluding carboxylic acids is 1. The SMILES string of the molecule is C=C(c1ccc(C(=O)OC)cc1)c1ccc2c(c1)C(c1cncnc1)=CCC2(C)C. The molecule has 0 N–H and O–H groups in total. The first-order chi connectivity index (χ1) is 14.4. The molecule has 0 unspecified atom stereocenters. The molecule has 0 spiro atoms. The van der Waals surface area contributed by atoms with E-state index in [9.17, 15) is 4.79 Å². The van der Waals surface area contributed by atoms with Crippen LogP contribution in [0.15, 0.2) is 73.8 Å². The molecule has 1 aliphatic carbocycles. The van der Waals surface area contributed by atoms with E-state index >= 15 is 0 Å². The predicted octanol–water partition coefficient (Wildman–Crippen LogP) is 5.44. The summed E-state index contributed by atoms with van der Waals surface area (Å²) in [4.78, 5) is 20.1. The van der Waals surface area contributed by atoms with Gasteiger partial charge in [-0.3, -0.25) is 0 Å². The maximum Gasteiger partial charge on any atom is 0.337 e. The number of fused-ring (bicyclic) bond motifs is 1. The minimum atomic E-state index is -0.344. The Bertz CT molecular complexity index is 1140. The number of hydrogen-bond donors (Lipinski definition) is 0. The van der Waals surface area contributed by atoms with E-state index in [0.717, 1.165) is 34.3 Å². The van der Waals surface area contributed by atoms with Gasteiger partial charge in [0.25, 0.3) is 0 Å². The van der Waals surface area contributed by atoms with E-state index < -0.39 is 0 Å². The van der Waals surface area contributed by atoms with Gasteiger partial charge in [0, 0.05) is 18.0 Å². The number of ether oxygens (including phenoxy) is 1. The van der Waals surface area contributed by atoms with Crippen LogP contribution >= 0.6 is 0 Å². The van der Waals surface area contributed by atoms with Crippen LogP contribution in [0.25, 0.3) is 11.1 Å². The second-order valence-electron chi connectivity index (χ2n) is 8.14. The lowest BCUT2D eigenvalue weighted by Gasteiger charge is -2.32. The van der Waals surface area contributed by atoms with Crippen molar-refractivity contribution in [1.29, 1.82) is 0 Å². The number of nitrogens with zero attached hydrogens (tertiary/aromatic N) is 2. The monoisotopic (exact) mass is 396 g/mol. The molecule has 4 heteroatoms. The quantitative estimate of drug-likeness (QED) is 0.551. The highest BCUT2D eigenvalue weighted by Crippen LogP contribution is 2.42. The molecule has 4 nitrogen and oxygen atoms in total. The summed E-state index contributed by atoms with van der Waals surface area (Å²) in [6.45, 7) is 8.84. The van der Waals surface area contributed by atoms with Gasteiger partial charge in [0.1, 0.15) is 6.33 Å². The van der Waals surface area contributed by atoms with Crippen LogP contribution in [-0.2, 0) is 10.2 Å². The molecule has 1 heterocycles. The highest BCUT2D eigenvalue weighted by atomic mass is 16.5. The van der Waals surface area contributed by atoms with Crippen LogP contribution in [0.5, 0.6) is 0 Å². The average Bonchev–Trinajstić information content (AvgIpc) is 2.78. The standard InChI is InChI=1S/C26H24N2O2/c1-17(18-5-7-19(8-6-18)25(29)30-4)20-9-10-24-23(13-20)22(11-12-26(24,2)3)21-14-27-16-28-15-21/h5-11,13-16H,1,12H2,2-4H3. The molecular weight excluding hydrogens is 372 g/mol. The lowest BCUT2D eigenvalue weighted by Crippen LogP contribution is -2.22. The Hall–Kier alpha value is -3.53. The molecule has 0 atom stereocenters. The van der Waals surface area contributed by atoms with Crippen molar-refractivity contribution in [3.8, 4) is 0 Å². The normalized spacial score (nSPS) is 14.4. The summed E-state index contributed by atoms with van der Waals surface area (Å²) in [5.41, 5.74) is 8.15. The van der Waals surface area contributed by atoms with Crippen LogP contribution in [0.3, 0.4) is 0 Å². The Balaban J connectivity index is 1.74. The molecule has 1 aliphatic rings. The molecule has 0 saturated carbocycles. The second-order valence-corrected chi connectivity index (χ2v) is 8.14. The first-order valence-electron chi connectivity index (χ1n) is 9.89. The van der Waals surface area contributed by atoms with Gasteiger partial charge >= 0.3 is 5.97 Å². The van der Waals surface area contributed by atoms with Gasteiger partial charge < -0.3 is 4.74 Å². The van der Waals surface area contributed by atoms with Crippen LogP contribution in [0.4, 0.5) is 0 Å². The number of carbonyl (C=O) groups is 1. The molecule has 0 bridgehead atoms. The molecule has 1 aromatic heterocycles. The Morgan fingerprint density at radius 3 is 2.30 bits per heavy atom. The molecule has 0 saturated heterocycles. The maximum atomic E-state index is 11.7. The largest absolute Gasteiger partial charge is 0.465 e. The minimum absolute atomic E-state index is 0.0521. The van der Waals surface area contributed by atoms with Crippen LogP contribution in [-0.4, -0.2) is 23.0 Å². The fourth-order valence-corrected chi connectivity index (χ4v) is 3.93. The number of hydrogen-bond acceptors (Lipinski definition) is 4. The first kappa shape index (κ1) is 19.8. The van der Waals surface area contributed by atoms with Crippen molar-refractivity contribution in [3.05, 3.63) is 107 Å². The predicted molar refractivity (Wildman–Crippen MR) is 119 cm³/mol. The fraction of sp³-hybridized carbons (Fsp3) is 0.192. The first-order valence-corrected chi connectivity index (χ1v) is 9.89. The summed E-state index contributed by atoms with van der Waals surface area (Å²) in [5.74, 6) is -0.344. The number of methoxy groups -OCH3 is 1. The third-order valence-corrected chi connectivity index (χ3v) is 5.73. The van der Waals surface area contributed by atoms with E-state index in [1.165, 1.54) is 18.2 Å². The van der Waals surface area contributed by atoms with Gasteiger partial charge in [0.15, 0.2) is 0 Å². The zero-order valence-corrected chi connectivity index (χ0v) is 17.5. The topological polar surface area (TPSA) is 52.1 Å². The Morgan fingerprint density at radius 2 is 1.63 bits per heavy atom. The number of esters is 1. The van der Waals surface area contributed by atoms with Crippen molar-refractivity contribution >= 4 is 17.1 Å². The van der Waals surface area contributed by atoms with Gasteiger partial charge in [-0.25, -0.2) is 14.8 Å². The van der Waals surface area contributed by atoms with Crippen molar-refractivity contribution in [1.82, 2.24) is 9.97 Å². The number of benzene rings is 2. The Kier molecular flexibility index (Phi) is 5.08. The van der Waals surface area contributed by atoms with Crippen molar-refractivity contribution in [2.75, 3.05) is 7.11 Å². The molecular formula is C26H24N2O2. The third-order valence-electron chi connectivity index (χ3n) is 5.73. The van der Waals surface area contributed by atoms with Crippen LogP contribution in [0, 0.1) is 0 Å². The van der Waals surface area contributed by atoms with E-state index in [1.807, 2.05) is 24.5 Å². The molecule has 2 aromatic carbocycles. The van der Waals surface area contributed by atoms with Crippen molar-refractivity contribution in [3.63, 3.8) is 0 Å². The van der Waals surface area contributed by atoms with Crippen molar-refractivity contribution < 1.29 is 9.53 Å². The molecule has 0 fully saturated rings. The van der Waals surface area contributed by atoms with E-state index in [0.29, 0.717) is 5.56 Å². The van der Waals surface area contributed by atoms with E-state index in [4.69, 9.17) is 4.74 Å². The van der Waals surface area contributed by atoms with Crippen LogP contribution < -0.4 is 0 Å². The highest BCUT2D eigenvalue weighted by molar-refractivity contribution is 5.91. The summed E-state index contributed by atoms with van der Waals surface area (Å²) in [5, 5.41) is 0. The van der Waals surface area contributed by atoms with Gasteiger partial charge in [-0.1, -0.05) is 50.8 Å². The lowest BCUT2D eigenvalue weighted by atomic mass is 9.72. The maximum absolute atomic E-state index is 11.7.